The molecule has 0 fully saturated rings. The van der Waals surface area contributed by atoms with E-state index in [0.717, 1.165) is 10.6 Å². The number of nitrogens with zero attached hydrogens (tertiary/aromatic N) is 1. The molecular formula is C19H21N3O6S. The van der Waals surface area contributed by atoms with Gasteiger partial charge in [-0.25, -0.2) is 13.2 Å². The lowest BCUT2D eigenvalue weighted by molar-refractivity contribution is -0.146. The van der Waals surface area contributed by atoms with Crippen molar-refractivity contribution < 1.29 is 27.5 Å². The first-order chi connectivity index (χ1) is 13.7. The summed E-state index contributed by atoms with van der Waals surface area (Å²) in [5.41, 5.74) is 1.47. The summed E-state index contributed by atoms with van der Waals surface area (Å²) in [6.07, 6.45) is 0.966. The number of hydrogen-bond acceptors (Lipinski definition) is 6. The highest BCUT2D eigenvalue weighted by Gasteiger charge is 2.23. The highest BCUT2D eigenvalue weighted by molar-refractivity contribution is 7.92. The Labute approximate surface area is 168 Å². The predicted octanol–water partition coefficient (Wildman–Crippen LogP) is 1.65. The summed E-state index contributed by atoms with van der Waals surface area (Å²) in [6, 6.07) is 14.3. The van der Waals surface area contributed by atoms with Gasteiger partial charge in [-0.05, 0) is 30.7 Å². The van der Waals surface area contributed by atoms with Gasteiger partial charge in [-0.1, -0.05) is 36.4 Å². The van der Waals surface area contributed by atoms with Gasteiger partial charge in [0, 0.05) is 5.69 Å². The molecule has 0 saturated carbocycles. The third kappa shape index (κ3) is 6.92. The van der Waals surface area contributed by atoms with Crippen LogP contribution >= 0.6 is 0 Å². The molecule has 2 N–H and O–H groups in total. The Kier molecular flexibility index (Phi) is 7.32. The fourth-order valence-corrected chi connectivity index (χ4v) is 3.28. The van der Waals surface area contributed by atoms with E-state index in [9.17, 15) is 22.8 Å². The molecule has 0 heterocycles. The van der Waals surface area contributed by atoms with E-state index in [-0.39, 0.29) is 0 Å². The zero-order chi connectivity index (χ0) is 21.4. The molecule has 0 aliphatic heterocycles. The van der Waals surface area contributed by atoms with Crippen LogP contribution in [0.1, 0.15) is 5.56 Å². The van der Waals surface area contributed by atoms with E-state index in [1.54, 1.807) is 61.5 Å². The maximum absolute atomic E-state index is 12.1. The van der Waals surface area contributed by atoms with Crippen molar-refractivity contribution >= 4 is 39.3 Å². The monoisotopic (exact) mass is 419 g/mol. The minimum Gasteiger partial charge on any atom is -0.454 e. The van der Waals surface area contributed by atoms with Crippen molar-refractivity contribution in [3.05, 3.63) is 60.2 Å². The van der Waals surface area contributed by atoms with Crippen molar-refractivity contribution in [3.63, 3.8) is 0 Å². The van der Waals surface area contributed by atoms with E-state index >= 15 is 0 Å². The van der Waals surface area contributed by atoms with E-state index < -0.39 is 41.1 Å². The molecule has 0 saturated heterocycles. The van der Waals surface area contributed by atoms with Crippen molar-refractivity contribution in [1.29, 1.82) is 0 Å². The van der Waals surface area contributed by atoms with Crippen LogP contribution in [0, 0.1) is 6.92 Å². The third-order valence-corrected chi connectivity index (χ3v) is 4.83. The molecule has 9 nitrogen and oxygen atoms in total. The molecular weight excluding hydrogens is 398 g/mol. The van der Waals surface area contributed by atoms with Crippen LogP contribution in [-0.2, 0) is 24.3 Å². The van der Waals surface area contributed by atoms with Gasteiger partial charge < -0.3 is 10.1 Å². The highest BCUT2D eigenvalue weighted by Crippen LogP contribution is 2.21. The van der Waals surface area contributed by atoms with Crippen LogP contribution in [0.25, 0.3) is 0 Å². The SMILES string of the molecule is Cc1ccccc1N(CC(=O)OCC(=O)NC(=O)Nc1ccccc1)S(C)(=O)=O. The molecule has 2 aromatic rings. The lowest BCUT2D eigenvalue weighted by atomic mass is 10.2. The van der Waals surface area contributed by atoms with Crippen LogP contribution in [0.5, 0.6) is 0 Å². The average Bonchev–Trinajstić information content (AvgIpc) is 2.65. The number of para-hydroxylation sites is 2. The van der Waals surface area contributed by atoms with E-state index in [4.69, 9.17) is 4.74 Å². The maximum Gasteiger partial charge on any atom is 0.327 e. The Balaban J connectivity index is 1.89. The molecule has 154 valence electrons. The van der Waals surface area contributed by atoms with Crippen LogP contribution in [0.3, 0.4) is 0 Å². The fraction of sp³-hybridized carbons (Fsp3) is 0.211. The number of anilines is 2. The first kappa shape index (κ1) is 21.9. The Hall–Kier alpha value is -3.40. The number of rotatable bonds is 7. The van der Waals surface area contributed by atoms with Gasteiger partial charge in [-0.3, -0.25) is 19.2 Å². The lowest BCUT2D eigenvalue weighted by Gasteiger charge is -2.23. The van der Waals surface area contributed by atoms with E-state index in [0.29, 0.717) is 16.9 Å². The van der Waals surface area contributed by atoms with E-state index in [2.05, 4.69) is 5.32 Å². The second-order valence-corrected chi connectivity index (χ2v) is 7.99. The Bertz CT molecular complexity index is 992. The first-order valence-corrected chi connectivity index (χ1v) is 10.4. The number of ether oxygens (including phenoxy) is 1. The van der Waals surface area contributed by atoms with Crippen LogP contribution in [0.2, 0.25) is 0 Å². The Morgan fingerprint density at radius 2 is 1.62 bits per heavy atom. The highest BCUT2D eigenvalue weighted by atomic mass is 32.2. The molecule has 0 atom stereocenters. The number of amides is 3. The summed E-state index contributed by atoms with van der Waals surface area (Å²) in [5, 5.41) is 4.45. The number of urea groups is 1. The summed E-state index contributed by atoms with van der Waals surface area (Å²) in [7, 11) is -3.76. The topological polar surface area (TPSA) is 122 Å². The number of nitrogens with one attached hydrogen (secondary N) is 2. The number of aryl methyl sites for hydroxylation is 1. The van der Waals surface area contributed by atoms with Gasteiger partial charge in [0.25, 0.3) is 5.91 Å². The third-order valence-electron chi connectivity index (χ3n) is 3.71. The number of imide groups is 1. The molecule has 29 heavy (non-hydrogen) atoms. The van der Waals surface area contributed by atoms with Gasteiger partial charge in [-0.15, -0.1) is 0 Å². The molecule has 0 aliphatic rings. The molecule has 10 heteroatoms. The molecule has 0 unspecified atom stereocenters. The summed E-state index contributed by atoms with van der Waals surface area (Å²) in [6.45, 7) is 0.372. The van der Waals surface area contributed by atoms with Crippen LogP contribution in [-0.4, -0.2) is 45.7 Å². The smallest absolute Gasteiger partial charge is 0.327 e. The van der Waals surface area contributed by atoms with Crippen LogP contribution in [0.15, 0.2) is 54.6 Å². The van der Waals surface area contributed by atoms with Crippen molar-refractivity contribution in [1.82, 2.24) is 5.32 Å². The summed E-state index contributed by atoms with van der Waals surface area (Å²) < 4.78 is 29.8. The molecule has 0 bridgehead atoms. The molecule has 0 radical (unpaired) electrons. The minimum atomic E-state index is -3.76. The van der Waals surface area contributed by atoms with Gasteiger partial charge in [0.1, 0.15) is 6.54 Å². The zero-order valence-electron chi connectivity index (χ0n) is 15.9. The lowest BCUT2D eigenvalue weighted by Crippen LogP contribution is -2.39. The number of carbonyl (C=O) groups is 3. The predicted molar refractivity (Wildman–Crippen MR) is 108 cm³/mol. The van der Waals surface area contributed by atoms with Gasteiger partial charge in [0.05, 0.1) is 11.9 Å². The van der Waals surface area contributed by atoms with Crippen LogP contribution in [0.4, 0.5) is 16.2 Å². The summed E-state index contributed by atoms with van der Waals surface area (Å²) in [5.74, 6) is -1.79. The molecule has 2 aromatic carbocycles. The molecule has 2 rings (SSSR count). The fourth-order valence-electron chi connectivity index (χ4n) is 2.38. The minimum absolute atomic E-state index is 0.332. The second kappa shape index (κ2) is 9.69. The largest absolute Gasteiger partial charge is 0.454 e. The molecule has 0 aromatic heterocycles. The van der Waals surface area contributed by atoms with Crippen molar-refractivity contribution in [2.24, 2.45) is 0 Å². The number of esters is 1. The van der Waals surface area contributed by atoms with Crippen LogP contribution < -0.4 is 14.9 Å². The quantitative estimate of drug-likeness (QED) is 0.658. The standard InChI is InChI=1S/C19H21N3O6S/c1-14-8-6-7-11-16(14)22(29(2,26)27)12-18(24)28-13-17(23)21-19(25)20-15-9-4-3-5-10-15/h3-11H,12-13H2,1-2H3,(H2,20,21,23,25). The Morgan fingerprint density at radius 3 is 2.24 bits per heavy atom. The molecule has 0 spiro atoms. The normalized spacial score (nSPS) is 10.7. The van der Waals surface area contributed by atoms with Gasteiger partial charge in [-0.2, -0.15) is 0 Å². The molecule has 0 aliphatic carbocycles. The number of sulfonamides is 1. The van der Waals surface area contributed by atoms with Gasteiger partial charge >= 0.3 is 12.0 Å². The number of carbonyl (C=O) groups excluding carboxylic acids is 3. The summed E-state index contributed by atoms with van der Waals surface area (Å²) >= 11 is 0. The summed E-state index contributed by atoms with van der Waals surface area (Å²) in [4.78, 5) is 35.6. The maximum atomic E-state index is 12.1. The number of hydrogen-bond donors (Lipinski definition) is 2. The zero-order valence-corrected chi connectivity index (χ0v) is 16.7. The van der Waals surface area contributed by atoms with Crippen molar-refractivity contribution in [2.75, 3.05) is 29.0 Å². The first-order valence-electron chi connectivity index (χ1n) is 8.51. The van der Waals surface area contributed by atoms with Crippen molar-refractivity contribution in [2.45, 2.75) is 6.92 Å². The van der Waals surface area contributed by atoms with Gasteiger partial charge in [0.2, 0.25) is 10.0 Å². The van der Waals surface area contributed by atoms with Gasteiger partial charge in [0.15, 0.2) is 6.61 Å². The number of benzene rings is 2. The van der Waals surface area contributed by atoms with E-state index in [1.165, 1.54) is 0 Å². The second-order valence-electron chi connectivity index (χ2n) is 6.09. The molecule has 3 amide bonds. The van der Waals surface area contributed by atoms with Crippen molar-refractivity contribution in [3.8, 4) is 0 Å². The van der Waals surface area contributed by atoms with E-state index in [1.807, 2.05) is 5.32 Å². The Morgan fingerprint density at radius 1 is 1.00 bits per heavy atom. The average molecular weight is 419 g/mol.